The van der Waals surface area contributed by atoms with E-state index in [1.165, 1.54) is 36.9 Å². The molecule has 2 unspecified atom stereocenters. The lowest BCUT2D eigenvalue weighted by Crippen LogP contribution is -2.37. The lowest BCUT2D eigenvalue weighted by atomic mass is 9.93. The first-order chi connectivity index (χ1) is 12.3. The van der Waals surface area contributed by atoms with E-state index in [-0.39, 0.29) is 6.10 Å². The zero-order chi connectivity index (χ0) is 17.1. The van der Waals surface area contributed by atoms with Crippen LogP contribution in [0.3, 0.4) is 0 Å². The predicted molar refractivity (Wildman–Crippen MR) is 99.3 cm³/mol. The van der Waals surface area contributed by atoms with Gasteiger partial charge in [0.2, 0.25) is 0 Å². The summed E-state index contributed by atoms with van der Waals surface area (Å²) in [4.78, 5) is 0. The number of nitrogens with zero attached hydrogens (tertiary/aromatic N) is 2. The van der Waals surface area contributed by atoms with Gasteiger partial charge in [-0.1, -0.05) is 36.8 Å². The molecule has 1 N–H and O–H groups in total. The van der Waals surface area contributed by atoms with Crippen molar-refractivity contribution in [3.05, 3.63) is 53.9 Å². The highest BCUT2D eigenvalue weighted by molar-refractivity contribution is 5.16. The summed E-state index contributed by atoms with van der Waals surface area (Å²) in [7, 11) is 2.01. The number of nitrogens with one attached hydrogen (secondary N) is 1. The Hall–Kier alpha value is -1.65. The fraction of sp³-hybridized carbons (Fsp3) is 0.571. The van der Waals surface area contributed by atoms with Gasteiger partial charge >= 0.3 is 0 Å². The molecule has 1 aromatic heterocycles. The SMILES string of the molecule is Cn1nccc1[C@@H]1OCC[C@H]1CNC1CCCC1Cc1ccccc1. The summed E-state index contributed by atoms with van der Waals surface area (Å²) in [5, 5.41) is 8.20. The van der Waals surface area contributed by atoms with Crippen LogP contribution in [0.4, 0.5) is 0 Å². The molecule has 0 bridgehead atoms. The summed E-state index contributed by atoms with van der Waals surface area (Å²) >= 11 is 0. The average molecular weight is 339 g/mol. The monoisotopic (exact) mass is 339 g/mol. The first-order valence-corrected chi connectivity index (χ1v) is 9.68. The van der Waals surface area contributed by atoms with Crippen LogP contribution in [-0.2, 0) is 18.2 Å². The van der Waals surface area contributed by atoms with Crippen LogP contribution in [0.15, 0.2) is 42.6 Å². The van der Waals surface area contributed by atoms with Gasteiger partial charge in [-0.05, 0) is 43.2 Å². The molecule has 1 aliphatic heterocycles. The number of aromatic nitrogens is 2. The fourth-order valence-corrected chi connectivity index (χ4v) is 4.60. The molecule has 4 nitrogen and oxygen atoms in total. The van der Waals surface area contributed by atoms with E-state index in [2.05, 4.69) is 46.8 Å². The Morgan fingerprint density at radius 2 is 2.00 bits per heavy atom. The third-order valence-electron chi connectivity index (χ3n) is 6.01. The van der Waals surface area contributed by atoms with Crippen LogP contribution in [0, 0.1) is 11.8 Å². The standard InChI is InChI=1S/C21H29N3O/c1-24-20(10-12-23-24)21-18(11-13-25-21)15-22-19-9-5-8-17(19)14-16-6-3-2-4-7-16/h2-4,6-7,10,12,17-19,21-22H,5,8-9,11,13-15H2,1H3/t17?,18-,19?,21+/m0/s1. The molecule has 1 aliphatic carbocycles. The minimum atomic E-state index is 0.189. The third kappa shape index (κ3) is 3.80. The van der Waals surface area contributed by atoms with Crippen molar-refractivity contribution in [3.63, 3.8) is 0 Å². The topological polar surface area (TPSA) is 39.1 Å². The summed E-state index contributed by atoms with van der Waals surface area (Å²) in [6.07, 6.45) is 8.40. The van der Waals surface area contributed by atoms with E-state index in [9.17, 15) is 0 Å². The molecule has 0 radical (unpaired) electrons. The Labute approximate surface area is 150 Å². The Bertz CT molecular complexity index is 669. The van der Waals surface area contributed by atoms with Crippen molar-refractivity contribution in [2.75, 3.05) is 13.2 Å². The second-order valence-corrected chi connectivity index (χ2v) is 7.62. The van der Waals surface area contributed by atoms with E-state index in [4.69, 9.17) is 4.74 Å². The maximum absolute atomic E-state index is 6.03. The van der Waals surface area contributed by atoms with Gasteiger partial charge in [0, 0.05) is 38.4 Å². The lowest BCUT2D eigenvalue weighted by molar-refractivity contribution is 0.0827. The number of benzene rings is 1. The zero-order valence-electron chi connectivity index (χ0n) is 15.1. The largest absolute Gasteiger partial charge is 0.372 e. The molecular formula is C21H29N3O. The van der Waals surface area contributed by atoms with Gasteiger partial charge in [0.1, 0.15) is 6.10 Å². The summed E-state index contributed by atoms with van der Waals surface area (Å²) in [5.41, 5.74) is 2.68. The molecule has 2 fully saturated rings. The highest BCUT2D eigenvalue weighted by Gasteiger charge is 2.33. The third-order valence-corrected chi connectivity index (χ3v) is 6.01. The lowest BCUT2D eigenvalue weighted by Gasteiger charge is -2.25. The van der Waals surface area contributed by atoms with Crippen molar-refractivity contribution in [1.29, 1.82) is 0 Å². The number of hydrogen-bond acceptors (Lipinski definition) is 3. The van der Waals surface area contributed by atoms with Gasteiger partial charge in [-0.3, -0.25) is 4.68 Å². The summed E-state index contributed by atoms with van der Waals surface area (Å²) in [6, 6.07) is 13.7. The molecule has 1 saturated heterocycles. The van der Waals surface area contributed by atoms with E-state index in [0.29, 0.717) is 12.0 Å². The number of aryl methyl sites for hydroxylation is 1. The van der Waals surface area contributed by atoms with E-state index in [1.54, 1.807) is 0 Å². The van der Waals surface area contributed by atoms with Crippen LogP contribution in [0.5, 0.6) is 0 Å². The second-order valence-electron chi connectivity index (χ2n) is 7.62. The Morgan fingerprint density at radius 3 is 2.80 bits per heavy atom. The van der Waals surface area contributed by atoms with Gasteiger partial charge in [0.25, 0.3) is 0 Å². The van der Waals surface area contributed by atoms with Crippen molar-refractivity contribution in [2.45, 2.75) is 44.2 Å². The minimum Gasteiger partial charge on any atom is -0.372 e. The zero-order valence-corrected chi connectivity index (χ0v) is 15.1. The first-order valence-electron chi connectivity index (χ1n) is 9.68. The number of rotatable bonds is 6. The smallest absolute Gasteiger partial charge is 0.103 e. The van der Waals surface area contributed by atoms with Crippen LogP contribution in [0.2, 0.25) is 0 Å². The van der Waals surface area contributed by atoms with Crippen molar-refractivity contribution in [1.82, 2.24) is 15.1 Å². The van der Waals surface area contributed by atoms with Gasteiger partial charge in [-0.2, -0.15) is 5.10 Å². The quantitative estimate of drug-likeness (QED) is 0.875. The van der Waals surface area contributed by atoms with E-state index in [1.807, 2.05) is 17.9 Å². The molecule has 25 heavy (non-hydrogen) atoms. The highest BCUT2D eigenvalue weighted by Crippen LogP contribution is 2.35. The van der Waals surface area contributed by atoms with Crippen molar-refractivity contribution in [3.8, 4) is 0 Å². The fourth-order valence-electron chi connectivity index (χ4n) is 4.60. The predicted octanol–water partition coefficient (Wildman–Crippen LogP) is 3.50. The molecule has 2 aromatic rings. The Morgan fingerprint density at radius 1 is 1.12 bits per heavy atom. The maximum atomic E-state index is 6.03. The maximum Gasteiger partial charge on any atom is 0.103 e. The molecule has 4 atom stereocenters. The number of ether oxygens (including phenoxy) is 1. The van der Waals surface area contributed by atoms with Gasteiger partial charge < -0.3 is 10.1 Å². The molecule has 1 saturated carbocycles. The van der Waals surface area contributed by atoms with E-state index >= 15 is 0 Å². The highest BCUT2D eigenvalue weighted by atomic mass is 16.5. The first kappa shape index (κ1) is 16.8. The van der Waals surface area contributed by atoms with Gasteiger partial charge in [0.05, 0.1) is 5.69 Å². The number of hydrogen-bond donors (Lipinski definition) is 1. The molecular weight excluding hydrogens is 310 g/mol. The molecule has 4 heteroatoms. The molecule has 0 amide bonds. The minimum absolute atomic E-state index is 0.189. The molecule has 2 heterocycles. The van der Waals surface area contributed by atoms with Crippen molar-refractivity contribution in [2.24, 2.45) is 18.9 Å². The Kier molecular flexibility index (Phi) is 5.18. The summed E-state index contributed by atoms with van der Waals surface area (Å²) in [5.74, 6) is 1.31. The van der Waals surface area contributed by atoms with E-state index in [0.717, 1.165) is 25.5 Å². The molecule has 134 valence electrons. The Balaban J connectivity index is 1.34. The normalized spacial score (nSPS) is 29.3. The van der Waals surface area contributed by atoms with Crippen LogP contribution in [0.25, 0.3) is 0 Å². The molecule has 1 aromatic carbocycles. The van der Waals surface area contributed by atoms with Crippen molar-refractivity contribution >= 4 is 0 Å². The van der Waals surface area contributed by atoms with Crippen molar-refractivity contribution < 1.29 is 4.74 Å². The van der Waals surface area contributed by atoms with Crippen LogP contribution in [0.1, 0.15) is 43.0 Å². The average Bonchev–Trinajstić information content (AvgIpc) is 3.35. The van der Waals surface area contributed by atoms with Crippen LogP contribution in [-0.4, -0.2) is 29.0 Å². The van der Waals surface area contributed by atoms with Gasteiger partial charge in [-0.15, -0.1) is 0 Å². The molecule has 0 spiro atoms. The second kappa shape index (κ2) is 7.71. The van der Waals surface area contributed by atoms with Gasteiger partial charge in [0.15, 0.2) is 0 Å². The van der Waals surface area contributed by atoms with Gasteiger partial charge in [-0.25, -0.2) is 0 Å². The van der Waals surface area contributed by atoms with Crippen LogP contribution >= 0.6 is 0 Å². The summed E-state index contributed by atoms with van der Waals surface area (Å²) < 4.78 is 7.98. The molecule has 4 rings (SSSR count). The van der Waals surface area contributed by atoms with E-state index < -0.39 is 0 Å². The van der Waals surface area contributed by atoms with Crippen LogP contribution < -0.4 is 5.32 Å². The summed E-state index contributed by atoms with van der Waals surface area (Å²) in [6.45, 7) is 1.91. The molecule has 2 aliphatic rings.